The van der Waals surface area contributed by atoms with Gasteiger partial charge in [0.2, 0.25) is 5.91 Å². The molecule has 0 spiro atoms. The number of carboxylic acids is 1. The van der Waals surface area contributed by atoms with Crippen molar-refractivity contribution in [1.82, 2.24) is 10.6 Å². The number of primary amides is 1. The highest BCUT2D eigenvalue weighted by molar-refractivity contribution is 5.83. The lowest BCUT2D eigenvalue weighted by Crippen LogP contribution is -2.46. The summed E-state index contributed by atoms with van der Waals surface area (Å²) in [6.07, 6.45) is 1.68. The minimum absolute atomic E-state index is 0.00807. The van der Waals surface area contributed by atoms with Crippen LogP contribution in [-0.4, -0.2) is 35.6 Å². The van der Waals surface area contributed by atoms with E-state index in [9.17, 15) is 14.4 Å². The van der Waals surface area contributed by atoms with Crippen molar-refractivity contribution >= 4 is 17.9 Å². The Morgan fingerprint density at radius 3 is 2.47 bits per heavy atom. The summed E-state index contributed by atoms with van der Waals surface area (Å²) in [5, 5.41) is 13.6. The first-order valence-electron chi connectivity index (χ1n) is 5.52. The fourth-order valence-electron chi connectivity index (χ4n) is 1.13. The lowest BCUT2D eigenvalue weighted by molar-refractivity contribution is -0.139. The van der Waals surface area contributed by atoms with Crippen LogP contribution in [0, 0.1) is 0 Å². The van der Waals surface area contributed by atoms with E-state index in [1.807, 2.05) is 6.92 Å². The van der Waals surface area contributed by atoms with Gasteiger partial charge in [0.25, 0.3) is 0 Å². The van der Waals surface area contributed by atoms with Gasteiger partial charge in [0.1, 0.15) is 6.04 Å². The van der Waals surface area contributed by atoms with E-state index in [4.69, 9.17) is 10.8 Å². The molecule has 7 nitrogen and oxygen atoms in total. The van der Waals surface area contributed by atoms with Crippen molar-refractivity contribution in [3.8, 4) is 0 Å². The molecule has 0 heterocycles. The van der Waals surface area contributed by atoms with Crippen LogP contribution in [0.5, 0.6) is 0 Å². The molecular formula is C10H19N3O4. The topological polar surface area (TPSA) is 122 Å². The molecule has 0 fully saturated rings. The van der Waals surface area contributed by atoms with Gasteiger partial charge in [-0.05, 0) is 12.8 Å². The van der Waals surface area contributed by atoms with Crippen molar-refractivity contribution < 1.29 is 19.5 Å². The molecule has 0 saturated carbocycles. The van der Waals surface area contributed by atoms with Crippen LogP contribution in [-0.2, 0) is 9.59 Å². The van der Waals surface area contributed by atoms with Crippen LogP contribution in [0.4, 0.5) is 4.79 Å². The van der Waals surface area contributed by atoms with Crippen molar-refractivity contribution in [1.29, 1.82) is 0 Å². The number of carboxylic acid groups (broad SMARTS) is 1. The number of urea groups is 1. The van der Waals surface area contributed by atoms with Crippen LogP contribution in [0.2, 0.25) is 0 Å². The van der Waals surface area contributed by atoms with Crippen LogP contribution in [0.3, 0.4) is 0 Å². The summed E-state index contributed by atoms with van der Waals surface area (Å²) in [6, 6.07) is -1.64. The summed E-state index contributed by atoms with van der Waals surface area (Å²) in [7, 11) is 0. The van der Waals surface area contributed by atoms with Crippen LogP contribution in [0.1, 0.15) is 32.6 Å². The zero-order chi connectivity index (χ0) is 13.3. The predicted octanol–water partition coefficient (Wildman–Crippen LogP) is -0.196. The molecule has 1 unspecified atom stereocenters. The van der Waals surface area contributed by atoms with Crippen LogP contribution >= 0.6 is 0 Å². The van der Waals surface area contributed by atoms with Gasteiger partial charge in [0.15, 0.2) is 0 Å². The molecule has 0 saturated heterocycles. The SMILES string of the molecule is CCCCNC(=O)NC(CCC(N)=O)C(=O)O. The second-order valence-corrected chi connectivity index (χ2v) is 3.65. The number of nitrogens with one attached hydrogen (secondary N) is 2. The highest BCUT2D eigenvalue weighted by Gasteiger charge is 2.19. The average Bonchev–Trinajstić information content (AvgIpc) is 2.23. The zero-order valence-electron chi connectivity index (χ0n) is 9.86. The molecule has 0 aromatic carbocycles. The van der Waals surface area contributed by atoms with Gasteiger partial charge in [-0.3, -0.25) is 4.79 Å². The number of unbranched alkanes of at least 4 members (excludes halogenated alkanes) is 1. The van der Waals surface area contributed by atoms with Crippen molar-refractivity contribution in [3.63, 3.8) is 0 Å². The van der Waals surface area contributed by atoms with E-state index in [0.29, 0.717) is 6.54 Å². The molecule has 98 valence electrons. The number of aliphatic carboxylic acids is 1. The van der Waals surface area contributed by atoms with E-state index in [1.54, 1.807) is 0 Å². The number of carbonyl (C=O) groups excluding carboxylic acids is 2. The van der Waals surface area contributed by atoms with E-state index in [-0.39, 0.29) is 12.8 Å². The number of carbonyl (C=O) groups is 3. The largest absolute Gasteiger partial charge is 0.480 e. The fourth-order valence-corrected chi connectivity index (χ4v) is 1.13. The Balaban J connectivity index is 4.02. The number of rotatable bonds is 8. The molecule has 0 aromatic heterocycles. The first-order valence-corrected chi connectivity index (χ1v) is 5.52. The Kier molecular flexibility index (Phi) is 7.49. The van der Waals surface area contributed by atoms with Crippen molar-refractivity contribution in [2.75, 3.05) is 6.54 Å². The maximum absolute atomic E-state index is 11.3. The van der Waals surface area contributed by atoms with Crippen LogP contribution in [0.25, 0.3) is 0 Å². The number of hydrogen-bond acceptors (Lipinski definition) is 3. The lowest BCUT2D eigenvalue weighted by atomic mass is 10.1. The minimum atomic E-state index is -1.18. The third-order valence-electron chi connectivity index (χ3n) is 2.10. The number of amides is 3. The molecule has 17 heavy (non-hydrogen) atoms. The van der Waals surface area contributed by atoms with Gasteiger partial charge in [-0.15, -0.1) is 0 Å². The lowest BCUT2D eigenvalue weighted by Gasteiger charge is -2.14. The second-order valence-electron chi connectivity index (χ2n) is 3.65. The molecule has 0 aliphatic rings. The van der Waals surface area contributed by atoms with E-state index < -0.39 is 23.9 Å². The predicted molar refractivity (Wildman–Crippen MR) is 61.3 cm³/mol. The summed E-state index contributed by atoms with van der Waals surface area (Å²) < 4.78 is 0. The van der Waals surface area contributed by atoms with Gasteiger partial charge < -0.3 is 21.5 Å². The molecule has 0 radical (unpaired) electrons. The van der Waals surface area contributed by atoms with E-state index in [1.165, 1.54) is 0 Å². The van der Waals surface area contributed by atoms with E-state index >= 15 is 0 Å². The Morgan fingerprint density at radius 1 is 1.35 bits per heavy atom. The van der Waals surface area contributed by atoms with Gasteiger partial charge in [-0.1, -0.05) is 13.3 Å². The Labute approximate surface area is 99.7 Å². The van der Waals surface area contributed by atoms with Gasteiger partial charge >= 0.3 is 12.0 Å². The third-order valence-corrected chi connectivity index (χ3v) is 2.10. The van der Waals surface area contributed by atoms with Gasteiger partial charge in [-0.2, -0.15) is 0 Å². The van der Waals surface area contributed by atoms with Crippen molar-refractivity contribution in [2.45, 2.75) is 38.6 Å². The molecule has 5 N–H and O–H groups in total. The second kappa shape index (κ2) is 8.37. The molecule has 7 heteroatoms. The van der Waals surface area contributed by atoms with Gasteiger partial charge in [0, 0.05) is 13.0 Å². The number of hydrogen-bond donors (Lipinski definition) is 4. The molecule has 0 aliphatic carbocycles. The Hall–Kier alpha value is -1.79. The average molecular weight is 245 g/mol. The van der Waals surface area contributed by atoms with Gasteiger partial charge in [0.05, 0.1) is 0 Å². The molecule has 3 amide bonds. The minimum Gasteiger partial charge on any atom is -0.480 e. The van der Waals surface area contributed by atoms with E-state index in [2.05, 4.69) is 10.6 Å². The van der Waals surface area contributed by atoms with E-state index in [0.717, 1.165) is 12.8 Å². The van der Waals surface area contributed by atoms with Gasteiger partial charge in [-0.25, -0.2) is 9.59 Å². The first-order chi connectivity index (χ1) is 7.97. The Bertz CT molecular complexity index is 281. The van der Waals surface area contributed by atoms with Crippen LogP contribution in [0.15, 0.2) is 0 Å². The highest BCUT2D eigenvalue weighted by atomic mass is 16.4. The summed E-state index contributed by atoms with van der Waals surface area (Å²) in [5.74, 6) is -1.78. The molecule has 0 rings (SSSR count). The number of nitrogens with two attached hydrogens (primary N) is 1. The zero-order valence-corrected chi connectivity index (χ0v) is 9.86. The normalized spacial score (nSPS) is 11.6. The molecule has 0 bridgehead atoms. The third kappa shape index (κ3) is 8.06. The quantitative estimate of drug-likeness (QED) is 0.442. The van der Waals surface area contributed by atoms with Crippen molar-refractivity contribution in [3.05, 3.63) is 0 Å². The molecule has 1 atom stereocenters. The maximum atomic E-state index is 11.3. The standard InChI is InChI=1S/C10H19N3O4/c1-2-3-6-12-10(17)13-7(9(15)16)4-5-8(11)14/h7H,2-6H2,1H3,(H2,11,14)(H,15,16)(H2,12,13,17). The summed E-state index contributed by atoms with van der Waals surface area (Å²) >= 11 is 0. The molecule has 0 aliphatic heterocycles. The molecular weight excluding hydrogens is 226 g/mol. The van der Waals surface area contributed by atoms with Crippen molar-refractivity contribution in [2.24, 2.45) is 5.73 Å². The fraction of sp³-hybridized carbons (Fsp3) is 0.700. The summed E-state index contributed by atoms with van der Waals surface area (Å²) in [6.45, 7) is 2.47. The summed E-state index contributed by atoms with van der Waals surface area (Å²) in [5.41, 5.74) is 4.91. The first kappa shape index (κ1) is 15.2. The smallest absolute Gasteiger partial charge is 0.326 e. The maximum Gasteiger partial charge on any atom is 0.326 e. The molecule has 0 aromatic rings. The Morgan fingerprint density at radius 2 is 2.00 bits per heavy atom. The monoisotopic (exact) mass is 245 g/mol. The highest BCUT2D eigenvalue weighted by Crippen LogP contribution is 1.97. The summed E-state index contributed by atoms with van der Waals surface area (Å²) in [4.78, 5) is 32.6. The van der Waals surface area contributed by atoms with Crippen LogP contribution < -0.4 is 16.4 Å².